The van der Waals surface area contributed by atoms with Crippen LogP contribution in [0.2, 0.25) is 0 Å². The number of likely N-dealkylation sites (tertiary alicyclic amines) is 1. The molecule has 3 heterocycles. The van der Waals surface area contributed by atoms with Crippen LogP contribution in [0.1, 0.15) is 53.0 Å². The van der Waals surface area contributed by atoms with E-state index in [1.165, 1.54) is 18.2 Å². The minimum absolute atomic E-state index is 0.243. The highest BCUT2D eigenvalue weighted by atomic mass is 19.1. The maximum absolute atomic E-state index is 13.4. The van der Waals surface area contributed by atoms with E-state index in [1.807, 2.05) is 6.07 Å². The summed E-state index contributed by atoms with van der Waals surface area (Å²) in [6.07, 6.45) is 4.64. The van der Waals surface area contributed by atoms with Crippen molar-refractivity contribution in [3.8, 4) is 0 Å². The van der Waals surface area contributed by atoms with Gasteiger partial charge in [0.15, 0.2) is 0 Å². The third-order valence-electron chi connectivity index (χ3n) is 4.89. The van der Waals surface area contributed by atoms with Crippen LogP contribution in [0.3, 0.4) is 0 Å². The van der Waals surface area contributed by atoms with E-state index in [-0.39, 0.29) is 29.0 Å². The Morgan fingerprint density at radius 2 is 2.11 bits per heavy atom. The maximum Gasteiger partial charge on any atom is 0.271 e. The fourth-order valence-electron chi connectivity index (χ4n) is 3.57. The quantitative estimate of drug-likeness (QED) is 0.751. The van der Waals surface area contributed by atoms with Gasteiger partial charge in [-0.05, 0) is 43.0 Å². The van der Waals surface area contributed by atoms with Gasteiger partial charge in [-0.15, -0.1) is 0 Å². The topological polar surface area (TPSA) is 79.2 Å². The van der Waals surface area contributed by atoms with Crippen LogP contribution in [0.5, 0.6) is 0 Å². The number of oxazole rings is 1. The zero-order valence-electron chi connectivity index (χ0n) is 15.2. The van der Waals surface area contributed by atoms with Crippen LogP contribution < -0.4 is 5.56 Å². The van der Waals surface area contributed by atoms with E-state index in [4.69, 9.17) is 4.42 Å². The highest BCUT2D eigenvalue weighted by molar-refractivity contribution is 5.92. The van der Waals surface area contributed by atoms with Crippen molar-refractivity contribution in [1.29, 1.82) is 0 Å². The van der Waals surface area contributed by atoms with Crippen molar-refractivity contribution in [2.24, 2.45) is 0 Å². The van der Waals surface area contributed by atoms with E-state index in [9.17, 15) is 14.0 Å². The summed E-state index contributed by atoms with van der Waals surface area (Å²) < 4.78 is 19.3. The van der Waals surface area contributed by atoms with Gasteiger partial charge in [-0.25, -0.2) is 9.37 Å². The first-order valence-electron chi connectivity index (χ1n) is 9.29. The number of rotatable bonds is 4. The number of nitrogens with one attached hydrogen (secondary N) is 1. The van der Waals surface area contributed by atoms with Gasteiger partial charge in [0.1, 0.15) is 23.3 Å². The van der Waals surface area contributed by atoms with Crippen molar-refractivity contribution < 1.29 is 13.6 Å². The van der Waals surface area contributed by atoms with Crippen LogP contribution in [0.15, 0.2) is 57.9 Å². The maximum atomic E-state index is 13.4. The molecule has 0 radical (unpaired) electrons. The van der Waals surface area contributed by atoms with Crippen LogP contribution in [0, 0.1) is 5.82 Å². The average Bonchev–Trinajstić information content (AvgIpc) is 3.16. The predicted octanol–water partition coefficient (Wildman–Crippen LogP) is 3.46. The molecule has 1 atom stereocenters. The number of hydrogen-bond donors (Lipinski definition) is 1. The number of hydrogen-bond acceptors (Lipinski definition) is 4. The van der Waals surface area contributed by atoms with Gasteiger partial charge in [-0.3, -0.25) is 9.59 Å². The second kappa shape index (κ2) is 7.80. The van der Waals surface area contributed by atoms with Crippen molar-refractivity contribution in [2.75, 3.05) is 6.54 Å². The Labute approximate surface area is 161 Å². The summed E-state index contributed by atoms with van der Waals surface area (Å²) in [6, 6.07) is 10.6. The number of H-pyrrole nitrogens is 1. The van der Waals surface area contributed by atoms with Crippen LogP contribution in [-0.2, 0) is 6.42 Å². The molecule has 1 aliphatic rings. The molecular weight excluding hydrogens is 361 g/mol. The summed E-state index contributed by atoms with van der Waals surface area (Å²) in [5.41, 5.74) is 0.736. The number of pyridine rings is 1. The molecule has 28 heavy (non-hydrogen) atoms. The van der Waals surface area contributed by atoms with Gasteiger partial charge in [-0.1, -0.05) is 18.2 Å². The van der Waals surface area contributed by atoms with Crippen molar-refractivity contribution >= 4 is 5.91 Å². The smallest absolute Gasteiger partial charge is 0.271 e. The van der Waals surface area contributed by atoms with Gasteiger partial charge in [0.05, 0.1) is 6.20 Å². The third-order valence-corrected chi connectivity index (χ3v) is 4.89. The zero-order valence-corrected chi connectivity index (χ0v) is 15.2. The number of carbonyl (C=O) groups is 1. The Kier molecular flexibility index (Phi) is 5.06. The molecule has 1 amide bonds. The number of amides is 1. The molecule has 0 bridgehead atoms. The summed E-state index contributed by atoms with van der Waals surface area (Å²) in [5, 5.41) is 0. The van der Waals surface area contributed by atoms with Gasteiger partial charge in [-0.2, -0.15) is 0 Å². The molecule has 0 spiro atoms. The van der Waals surface area contributed by atoms with Gasteiger partial charge in [0.25, 0.3) is 5.91 Å². The monoisotopic (exact) mass is 381 g/mol. The minimum atomic E-state index is -0.312. The van der Waals surface area contributed by atoms with Gasteiger partial charge in [0, 0.05) is 19.0 Å². The van der Waals surface area contributed by atoms with Crippen LogP contribution >= 0.6 is 0 Å². The number of piperidine rings is 1. The molecule has 7 heteroatoms. The molecule has 1 N–H and O–H groups in total. The fourth-order valence-corrected chi connectivity index (χ4v) is 3.57. The number of nitrogens with zero attached hydrogens (tertiary/aromatic N) is 2. The molecule has 4 rings (SSSR count). The Morgan fingerprint density at radius 3 is 2.93 bits per heavy atom. The molecule has 2 aromatic heterocycles. The largest absolute Gasteiger partial charge is 0.443 e. The average molecular weight is 381 g/mol. The second-order valence-electron chi connectivity index (χ2n) is 6.91. The molecule has 1 saturated heterocycles. The lowest BCUT2D eigenvalue weighted by atomic mass is 10.0. The summed E-state index contributed by atoms with van der Waals surface area (Å²) in [5.74, 6) is 0.551. The highest BCUT2D eigenvalue weighted by Gasteiger charge is 2.32. The van der Waals surface area contributed by atoms with E-state index in [0.29, 0.717) is 24.6 Å². The lowest BCUT2D eigenvalue weighted by Crippen LogP contribution is -2.39. The molecule has 6 nitrogen and oxygen atoms in total. The normalized spacial score (nSPS) is 16.9. The summed E-state index contributed by atoms with van der Waals surface area (Å²) >= 11 is 0. The molecule has 0 unspecified atom stereocenters. The first kappa shape index (κ1) is 18.2. The summed E-state index contributed by atoms with van der Waals surface area (Å²) in [6.45, 7) is 0.571. The molecule has 1 aromatic carbocycles. The molecule has 0 saturated carbocycles. The molecule has 3 aromatic rings. The Morgan fingerprint density at radius 1 is 1.25 bits per heavy atom. The van der Waals surface area contributed by atoms with Gasteiger partial charge < -0.3 is 14.3 Å². The highest BCUT2D eigenvalue weighted by Crippen LogP contribution is 2.32. The SMILES string of the molecule is O=C(c1cccc(=O)[nH]1)N1CCCC[C@H]1c1ncc(Cc2cccc(F)c2)o1. The summed E-state index contributed by atoms with van der Waals surface area (Å²) in [4.78, 5) is 33.1. The van der Waals surface area contributed by atoms with Crippen LogP contribution in [-0.4, -0.2) is 27.3 Å². The minimum Gasteiger partial charge on any atom is -0.443 e. The second-order valence-corrected chi connectivity index (χ2v) is 6.91. The van der Waals surface area contributed by atoms with Crippen molar-refractivity contribution in [3.63, 3.8) is 0 Å². The molecule has 144 valence electrons. The van der Waals surface area contributed by atoms with Crippen molar-refractivity contribution in [3.05, 3.63) is 87.7 Å². The number of carbonyl (C=O) groups excluding carboxylic acids is 1. The predicted molar refractivity (Wildman–Crippen MR) is 100 cm³/mol. The lowest BCUT2D eigenvalue weighted by Gasteiger charge is -2.33. The molecule has 1 aliphatic heterocycles. The Hall–Kier alpha value is -3.22. The molecular formula is C21H20FN3O3. The lowest BCUT2D eigenvalue weighted by molar-refractivity contribution is 0.0563. The van der Waals surface area contributed by atoms with E-state index < -0.39 is 0 Å². The number of halogens is 1. The number of aromatic amines is 1. The number of benzene rings is 1. The van der Waals surface area contributed by atoms with Crippen LogP contribution in [0.4, 0.5) is 4.39 Å². The first-order valence-corrected chi connectivity index (χ1v) is 9.29. The third kappa shape index (κ3) is 3.88. The van der Waals surface area contributed by atoms with E-state index in [2.05, 4.69) is 9.97 Å². The number of aromatic nitrogens is 2. The molecule has 1 fully saturated rings. The van der Waals surface area contributed by atoms with E-state index in [1.54, 1.807) is 29.3 Å². The zero-order chi connectivity index (χ0) is 19.5. The van der Waals surface area contributed by atoms with Gasteiger partial charge >= 0.3 is 0 Å². The standard InChI is InChI=1S/C21H20FN3O3/c22-15-6-3-5-14(11-15)12-16-13-23-20(28-16)18-8-1-2-10-25(18)21(27)17-7-4-9-19(26)24-17/h3-7,9,11,13,18H,1-2,8,10,12H2,(H,24,26)/t18-/m0/s1. The Bertz CT molecular complexity index is 1040. The molecule has 0 aliphatic carbocycles. The van der Waals surface area contributed by atoms with E-state index in [0.717, 1.165) is 24.8 Å². The van der Waals surface area contributed by atoms with Gasteiger partial charge in [0.2, 0.25) is 11.4 Å². The Balaban J connectivity index is 1.55. The summed E-state index contributed by atoms with van der Waals surface area (Å²) in [7, 11) is 0. The van der Waals surface area contributed by atoms with Crippen LogP contribution in [0.25, 0.3) is 0 Å². The van der Waals surface area contributed by atoms with Crippen molar-refractivity contribution in [1.82, 2.24) is 14.9 Å². The first-order chi connectivity index (χ1) is 13.6. The van der Waals surface area contributed by atoms with Crippen molar-refractivity contribution in [2.45, 2.75) is 31.7 Å². The fraction of sp³-hybridized carbons (Fsp3) is 0.286. The van der Waals surface area contributed by atoms with E-state index >= 15 is 0 Å².